The van der Waals surface area contributed by atoms with Crippen molar-refractivity contribution in [2.24, 2.45) is 11.8 Å². The van der Waals surface area contributed by atoms with Gasteiger partial charge in [-0.1, -0.05) is 37.7 Å². The maximum atomic E-state index is 13.6. The molecule has 1 N–H and O–H groups in total. The van der Waals surface area contributed by atoms with Crippen molar-refractivity contribution in [2.75, 3.05) is 26.7 Å². The highest BCUT2D eigenvalue weighted by molar-refractivity contribution is 5.97. The number of carbonyl (C=O) groups excluding carboxylic acids is 2. The molecule has 0 saturated heterocycles. The zero-order chi connectivity index (χ0) is 26.4. The summed E-state index contributed by atoms with van der Waals surface area (Å²) in [4.78, 5) is 38.5. The van der Waals surface area contributed by atoms with Gasteiger partial charge in [0.05, 0.1) is 25.6 Å². The Kier molecular flexibility index (Phi) is 8.78. The van der Waals surface area contributed by atoms with Crippen molar-refractivity contribution >= 4 is 11.8 Å². The lowest BCUT2D eigenvalue weighted by molar-refractivity contribution is -0.130. The monoisotopic (exact) mass is 504 g/mol. The molecule has 37 heavy (non-hydrogen) atoms. The van der Waals surface area contributed by atoms with E-state index in [0.717, 1.165) is 12.8 Å². The van der Waals surface area contributed by atoms with E-state index in [2.05, 4.69) is 21.8 Å². The Labute approximate surface area is 219 Å². The van der Waals surface area contributed by atoms with Gasteiger partial charge in [-0.25, -0.2) is 4.98 Å². The summed E-state index contributed by atoms with van der Waals surface area (Å²) in [5.74, 6) is 6.72. The Hall–Kier alpha value is -3.44. The number of amides is 2. The first-order chi connectivity index (χ1) is 17.9. The largest absolute Gasteiger partial charge is 0.472 e. The molecule has 3 heterocycles. The van der Waals surface area contributed by atoms with Gasteiger partial charge in [0.15, 0.2) is 0 Å². The fraction of sp³-hybridized carbons (Fsp3) is 0.517. The number of aliphatic hydroxyl groups is 1. The third kappa shape index (κ3) is 6.66. The van der Waals surface area contributed by atoms with Gasteiger partial charge in [-0.3, -0.25) is 14.6 Å². The van der Waals surface area contributed by atoms with Gasteiger partial charge in [-0.2, -0.15) is 0 Å². The van der Waals surface area contributed by atoms with Gasteiger partial charge in [0.1, 0.15) is 11.7 Å². The number of ether oxygens (including phenoxy) is 1. The molecule has 1 fully saturated rings. The molecule has 0 spiro atoms. The molecule has 1 aliphatic carbocycles. The predicted molar refractivity (Wildman–Crippen MR) is 140 cm³/mol. The minimum Gasteiger partial charge on any atom is -0.472 e. The second kappa shape index (κ2) is 12.2. The summed E-state index contributed by atoms with van der Waals surface area (Å²) in [6.07, 6.45) is 7.76. The molecule has 2 aromatic rings. The number of rotatable bonds is 6. The van der Waals surface area contributed by atoms with Crippen LogP contribution in [0.1, 0.15) is 61.1 Å². The van der Waals surface area contributed by atoms with Crippen LogP contribution in [0.5, 0.6) is 5.88 Å². The van der Waals surface area contributed by atoms with Crippen LogP contribution < -0.4 is 4.74 Å². The van der Waals surface area contributed by atoms with Gasteiger partial charge in [0, 0.05) is 49.1 Å². The van der Waals surface area contributed by atoms with Gasteiger partial charge in [0.25, 0.3) is 5.91 Å². The van der Waals surface area contributed by atoms with Crippen molar-refractivity contribution in [2.45, 2.75) is 58.1 Å². The van der Waals surface area contributed by atoms with E-state index in [1.54, 1.807) is 35.3 Å². The van der Waals surface area contributed by atoms with Gasteiger partial charge in [-0.15, -0.1) is 0 Å². The minimum absolute atomic E-state index is 0.0704. The molecule has 1 aliphatic heterocycles. The molecule has 2 amide bonds. The van der Waals surface area contributed by atoms with Gasteiger partial charge in [0.2, 0.25) is 11.8 Å². The molecule has 8 heteroatoms. The highest BCUT2D eigenvalue weighted by Gasteiger charge is 2.34. The molecule has 2 aliphatic rings. The first kappa shape index (κ1) is 26.6. The Morgan fingerprint density at radius 3 is 2.78 bits per heavy atom. The standard InChI is InChI=1S/C29H36N4O4/c1-20-17-33(21(2)19-34)29(36)25-14-23(12-11-22-8-4-5-9-22)16-31-28(25)37-26(20)18-32(3)27(35)15-24-10-6-7-13-30-24/h6-7,10,13-14,16,20-22,26,34H,4-5,8-9,15,17-19H2,1-3H3/t20-,21-,26-/m0/s1. The molecule has 0 radical (unpaired) electrons. The van der Waals surface area contributed by atoms with Gasteiger partial charge in [-0.05, 0) is 38.0 Å². The van der Waals surface area contributed by atoms with Crippen LogP contribution in [-0.2, 0) is 11.2 Å². The van der Waals surface area contributed by atoms with Crippen LogP contribution in [0.2, 0.25) is 0 Å². The van der Waals surface area contributed by atoms with E-state index in [1.807, 2.05) is 32.0 Å². The van der Waals surface area contributed by atoms with Crippen molar-refractivity contribution < 1.29 is 19.4 Å². The van der Waals surface area contributed by atoms with Crippen molar-refractivity contribution in [3.63, 3.8) is 0 Å². The van der Waals surface area contributed by atoms with Crippen LogP contribution in [0.4, 0.5) is 0 Å². The highest BCUT2D eigenvalue weighted by Crippen LogP contribution is 2.28. The SMILES string of the molecule is C[C@H]1CN([C@@H](C)CO)C(=O)c2cc(C#CC3CCCC3)cnc2O[C@H]1CN(C)C(=O)Cc1ccccn1. The lowest BCUT2D eigenvalue weighted by Crippen LogP contribution is -2.50. The molecular formula is C29H36N4O4. The number of hydrogen-bond donors (Lipinski definition) is 1. The summed E-state index contributed by atoms with van der Waals surface area (Å²) in [7, 11) is 1.75. The van der Waals surface area contributed by atoms with E-state index < -0.39 is 6.10 Å². The third-order valence-corrected chi connectivity index (χ3v) is 7.23. The number of fused-ring (bicyclic) bond motifs is 1. The Bertz CT molecular complexity index is 1150. The van der Waals surface area contributed by atoms with Crippen LogP contribution in [0.3, 0.4) is 0 Å². The first-order valence-electron chi connectivity index (χ1n) is 13.1. The number of carbonyl (C=O) groups is 2. The van der Waals surface area contributed by atoms with Gasteiger partial charge >= 0.3 is 0 Å². The fourth-order valence-electron chi connectivity index (χ4n) is 4.81. The lowest BCUT2D eigenvalue weighted by Gasteiger charge is -2.37. The second-order valence-electron chi connectivity index (χ2n) is 10.2. The molecule has 4 rings (SSSR count). The molecule has 1 saturated carbocycles. The first-order valence-corrected chi connectivity index (χ1v) is 13.1. The van der Waals surface area contributed by atoms with Crippen LogP contribution in [-0.4, -0.2) is 75.6 Å². The second-order valence-corrected chi connectivity index (χ2v) is 10.2. The quantitative estimate of drug-likeness (QED) is 0.608. The van der Waals surface area contributed by atoms with E-state index in [4.69, 9.17) is 4.74 Å². The fourth-order valence-corrected chi connectivity index (χ4v) is 4.81. The summed E-state index contributed by atoms with van der Waals surface area (Å²) >= 11 is 0. The molecule has 196 valence electrons. The van der Waals surface area contributed by atoms with Crippen molar-refractivity contribution in [3.8, 4) is 17.7 Å². The summed E-state index contributed by atoms with van der Waals surface area (Å²) in [6, 6.07) is 6.87. The van der Waals surface area contributed by atoms with Crippen LogP contribution in [0.15, 0.2) is 36.7 Å². The zero-order valence-electron chi connectivity index (χ0n) is 21.9. The van der Waals surface area contributed by atoms with E-state index in [0.29, 0.717) is 35.8 Å². The molecule has 8 nitrogen and oxygen atoms in total. The number of nitrogens with zero attached hydrogens (tertiary/aromatic N) is 4. The maximum Gasteiger partial charge on any atom is 0.259 e. The number of hydrogen-bond acceptors (Lipinski definition) is 6. The normalized spacial score (nSPS) is 20.6. The van der Waals surface area contributed by atoms with E-state index in [9.17, 15) is 14.7 Å². The summed E-state index contributed by atoms with van der Waals surface area (Å²) < 4.78 is 6.31. The molecule has 2 aromatic heterocycles. The topological polar surface area (TPSA) is 95.9 Å². The summed E-state index contributed by atoms with van der Waals surface area (Å²) in [6.45, 7) is 4.36. The average molecular weight is 505 g/mol. The molecule has 0 unspecified atom stereocenters. The average Bonchev–Trinajstić information content (AvgIpc) is 3.43. The predicted octanol–water partition coefficient (Wildman–Crippen LogP) is 2.94. The van der Waals surface area contributed by atoms with Crippen LogP contribution >= 0.6 is 0 Å². The van der Waals surface area contributed by atoms with Crippen molar-refractivity contribution in [3.05, 3.63) is 53.5 Å². The van der Waals surface area contributed by atoms with E-state index in [1.165, 1.54) is 12.8 Å². The number of aromatic nitrogens is 2. The Balaban J connectivity index is 1.58. The maximum absolute atomic E-state index is 13.6. The summed E-state index contributed by atoms with van der Waals surface area (Å²) in [5, 5.41) is 9.86. The Morgan fingerprint density at radius 1 is 1.30 bits per heavy atom. The third-order valence-electron chi connectivity index (χ3n) is 7.23. The summed E-state index contributed by atoms with van der Waals surface area (Å²) in [5.41, 5.74) is 1.71. The van der Waals surface area contributed by atoms with E-state index >= 15 is 0 Å². The Morgan fingerprint density at radius 2 is 2.08 bits per heavy atom. The number of pyridine rings is 2. The number of aliphatic hydroxyl groups excluding tert-OH is 1. The molecule has 0 aromatic carbocycles. The highest BCUT2D eigenvalue weighted by atomic mass is 16.5. The van der Waals surface area contributed by atoms with E-state index in [-0.39, 0.29) is 42.7 Å². The van der Waals surface area contributed by atoms with Crippen LogP contribution in [0, 0.1) is 23.7 Å². The number of likely N-dealkylation sites (N-methyl/N-ethyl adjacent to an activating group) is 1. The van der Waals surface area contributed by atoms with Gasteiger partial charge < -0.3 is 19.6 Å². The molecule has 3 atom stereocenters. The minimum atomic E-state index is -0.402. The molecule has 0 bridgehead atoms. The molecular weight excluding hydrogens is 468 g/mol. The lowest BCUT2D eigenvalue weighted by atomic mass is 9.99. The van der Waals surface area contributed by atoms with Crippen LogP contribution in [0.25, 0.3) is 0 Å². The zero-order valence-corrected chi connectivity index (χ0v) is 21.9. The van der Waals surface area contributed by atoms with Crippen molar-refractivity contribution in [1.82, 2.24) is 19.8 Å². The smallest absolute Gasteiger partial charge is 0.259 e. The van der Waals surface area contributed by atoms with Crippen molar-refractivity contribution in [1.29, 1.82) is 0 Å².